The third-order valence-corrected chi connectivity index (χ3v) is 3.49. The molecule has 0 saturated heterocycles. The van der Waals surface area contributed by atoms with Crippen molar-refractivity contribution in [2.24, 2.45) is 5.73 Å². The van der Waals surface area contributed by atoms with Crippen molar-refractivity contribution in [3.63, 3.8) is 0 Å². The van der Waals surface area contributed by atoms with Crippen LogP contribution in [0.4, 0.5) is 0 Å². The fourth-order valence-electron chi connectivity index (χ4n) is 2.18. The van der Waals surface area contributed by atoms with E-state index >= 15 is 0 Å². The van der Waals surface area contributed by atoms with Gasteiger partial charge in [0.15, 0.2) is 6.29 Å². The van der Waals surface area contributed by atoms with Crippen molar-refractivity contribution in [1.29, 1.82) is 5.26 Å². The molecule has 2 rings (SSSR count). The summed E-state index contributed by atoms with van der Waals surface area (Å²) in [5.41, 5.74) is 8.77. The van der Waals surface area contributed by atoms with Crippen LogP contribution in [-0.2, 0) is 16.0 Å². The molecule has 0 radical (unpaired) electrons. The Morgan fingerprint density at radius 2 is 2.00 bits per heavy atom. The molecule has 0 saturated carbocycles. The molecule has 0 spiro atoms. The zero-order valence-corrected chi connectivity index (χ0v) is 13.3. The largest absolute Gasteiger partial charge is 0.397 e. The third-order valence-electron chi connectivity index (χ3n) is 3.49. The molecule has 0 bridgehead atoms. The van der Waals surface area contributed by atoms with E-state index in [0.717, 1.165) is 5.56 Å². The Labute approximate surface area is 135 Å². The molecule has 6 heteroatoms. The van der Waals surface area contributed by atoms with E-state index in [-0.39, 0.29) is 0 Å². The maximum atomic E-state index is 9.31. The molecule has 2 aromatic rings. The maximum absolute atomic E-state index is 9.31. The van der Waals surface area contributed by atoms with Gasteiger partial charge in [0.2, 0.25) is 0 Å². The van der Waals surface area contributed by atoms with Crippen LogP contribution in [0.3, 0.4) is 0 Å². The summed E-state index contributed by atoms with van der Waals surface area (Å²) in [4.78, 5) is 0. The van der Waals surface area contributed by atoms with Crippen molar-refractivity contribution in [3.8, 4) is 6.07 Å². The van der Waals surface area contributed by atoms with Gasteiger partial charge in [0.1, 0.15) is 0 Å². The molecule has 6 nitrogen and oxygen atoms in total. The quantitative estimate of drug-likeness (QED) is 0.625. The summed E-state index contributed by atoms with van der Waals surface area (Å²) < 4.78 is 12.0. The lowest BCUT2D eigenvalue weighted by atomic mass is 10.1. The van der Waals surface area contributed by atoms with Gasteiger partial charge in [0.25, 0.3) is 0 Å². The number of ether oxygens (including phenoxy) is 2. The van der Waals surface area contributed by atoms with Gasteiger partial charge < -0.3 is 15.2 Å². The lowest BCUT2D eigenvalue weighted by molar-refractivity contribution is -0.0995. The molecule has 1 aromatic heterocycles. The van der Waals surface area contributed by atoms with Crippen molar-refractivity contribution < 1.29 is 9.47 Å². The van der Waals surface area contributed by atoms with E-state index in [1.54, 1.807) is 10.9 Å². The molecule has 2 N–H and O–H groups in total. The predicted octanol–water partition coefficient (Wildman–Crippen LogP) is 2.13. The van der Waals surface area contributed by atoms with Crippen LogP contribution >= 0.6 is 0 Å². The summed E-state index contributed by atoms with van der Waals surface area (Å²) in [6, 6.07) is 12.1. The third kappa shape index (κ3) is 4.42. The van der Waals surface area contributed by atoms with Gasteiger partial charge in [-0.05, 0) is 5.56 Å². The first-order valence-electron chi connectivity index (χ1n) is 7.19. The lowest BCUT2D eigenvalue weighted by Crippen LogP contribution is -2.15. The summed E-state index contributed by atoms with van der Waals surface area (Å²) in [7, 11) is 3.05. The molecule has 0 unspecified atom stereocenters. The number of hydrogen-bond donors (Lipinski definition) is 1. The second-order valence-electron chi connectivity index (χ2n) is 5.02. The van der Waals surface area contributed by atoms with E-state index in [1.165, 1.54) is 14.2 Å². The Kier molecular flexibility index (Phi) is 5.92. The molecule has 0 fully saturated rings. The van der Waals surface area contributed by atoms with E-state index in [1.807, 2.05) is 36.5 Å². The van der Waals surface area contributed by atoms with Crippen LogP contribution < -0.4 is 5.73 Å². The molecule has 23 heavy (non-hydrogen) atoms. The SMILES string of the molecule is COC(C/C(C#N)=C(\N)c1cnn(Cc2ccccc2)c1)OC. The molecule has 0 aliphatic heterocycles. The summed E-state index contributed by atoms with van der Waals surface area (Å²) in [5, 5.41) is 13.6. The van der Waals surface area contributed by atoms with Gasteiger partial charge in [-0.15, -0.1) is 0 Å². The second kappa shape index (κ2) is 8.13. The number of rotatable bonds is 7. The van der Waals surface area contributed by atoms with Crippen molar-refractivity contribution in [1.82, 2.24) is 9.78 Å². The first kappa shape index (κ1) is 16.7. The van der Waals surface area contributed by atoms with E-state index in [0.29, 0.717) is 29.8 Å². The van der Waals surface area contributed by atoms with Crippen molar-refractivity contribution in [2.45, 2.75) is 19.3 Å². The normalized spacial score (nSPS) is 12.1. The smallest absolute Gasteiger partial charge is 0.161 e. The first-order valence-corrected chi connectivity index (χ1v) is 7.19. The highest BCUT2D eigenvalue weighted by atomic mass is 16.7. The Bertz CT molecular complexity index is 697. The fraction of sp³-hybridized carbons (Fsp3) is 0.294. The van der Waals surface area contributed by atoms with E-state index in [2.05, 4.69) is 11.2 Å². The number of nitriles is 1. The van der Waals surface area contributed by atoms with Gasteiger partial charge in [-0.3, -0.25) is 4.68 Å². The summed E-state index contributed by atoms with van der Waals surface area (Å²) in [5.74, 6) is 0. The molecule has 0 aliphatic carbocycles. The standard InChI is InChI=1S/C17H20N4O2/c1-22-16(23-2)8-14(9-18)17(19)15-10-20-21(12-15)11-13-6-4-3-5-7-13/h3-7,10,12,16H,8,11,19H2,1-2H3/b17-14+. The van der Waals surface area contributed by atoms with Gasteiger partial charge in [-0.2, -0.15) is 10.4 Å². The number of benzene rings is 1. The van der Waals surface area contributed by atoms with E-state index in [4.69, 9.17) is 15.2 Å². The van der Waals surface area contributed by atoms with Crippen LogP contribution in [0.25, 0.3) is 5.70 Å². The van der Waals surface area contributed by atoms with Gasteiger partial charge in [0.05, 0.1) is 30.1 Å². The molecule has 120 valence electrons. The van der Waals surface area contributed by atoms with Gasteiger partial charge in [0, 0.05) is 32.4 Å². The van der Waals surface area contributed by atoms with Crippen LogP contribution in [0.15, 0.2) is 48.3 Å². The zero-order valence-electron chi connectivity index (χ0n) is 13.3. The van der Waals surface area contributed by atoms with E-state index < -0.39 is 6.29 Å². The molecule has 1 aromatic carbocycles. The topological polar surface area (TPSA) is 86.1 Å². The lowest BCUT2D eigenvalue weighted by Gasteiger charge is -2.13. The highest BCUT2D eigenvalue weighted by molar-refractivity contribution is 5.68. The maximum Gasteiger partial charge on any atom is 0.161 e. The Hall–Kier alpha value is -2.62. The molecule has 1 heterocycles. The van der Waals surface area contributed by atoms with Crippen LogP contribution in [-0.4, -0.2) is 30.3 Å². The molecule has 0 aliphatic rings. The molecular weight excluding hydrogens is 292 g/mol. The number of aromatic nitrogens is 2. The van der Waals surface area contributed by atoms with Crippen molar-refractivity contribution in [2.75, 3.05) is 14.2 Å². The first-order chi connectivity index (χ1) is 11.2. The number of methoxy groups -OCH3 is 2. The van der Waals surface area contributed by atoms with Crippen molar-refractivity contribution in [3.05, 3.63) is 59.4 Å². The Morgan fingerprint density at radius 1 is 1.30 bits per heavy atom. The second-order valence-corrected chi connectivity index (χ2v) is 5.02. The Balaban J connectivity index is 2.17. The van der Waals surface area contributed by atoms with E-state index in [9.17, 15) is 5.26 Å². The number of nitrogens with zero attached hydrogens (tertiary/aromatic N) is 3. The number of hydrogen-bond acceptors (Lipinski definition) is 5. The monoisotopic (exact) mass is 312 g/mol. The minimum absolute atomic E-state index is 0.291. The average Bonchev–Trinajstić information content (AvgIpc) is 3.05. The van der Waals surface area contributed by atoms with Gasteiger partial charge >= 0.3 is 0 Å². The van der Waals surface area contributed by atoms with Crippen molar-refractivity contribution >= 4 is 5.70 Å². The van der Waals surface area contributed by atoms with Crippen LogP contribution in [0, 0.1) is 11.3 Å². The minimum atomic E-state index is -0.498. The Morgan fingerprint density at radius 3 is 2.61 bits per heavy atom. The highest BCUT2D eigenvalue weighted by Crippen LogP contribution is 2.18. The van der Waals surface area contributed by atoms with Crippen LogP contribution in [0.1, 0.15) is 17.5 Å². The van der Waals surface area contributed by atoms with Gasteiger partial charge in [-0.25, -0.2) is 0 Å². The summed E-state index contributed by atoms with van der Waals surface area (Å²) in [6.07, 6.45) is 3.28. The van der Waals surface area contributed by atoms with Crippen LogP contribution in [0.2, 0.25) is 0 Å². The van der Waals surface area contributed by atoms with Gasteiger partial charge in [-0.1, -0.05) is 30.3 Å². The zero-order chi connectivity index (χ0) is 16.7. The number of nitrogens with two attached hydrogens (primary N) is 1. The van der Waals surface area contributed by atoms with Crippen LogP contribution in [0.5, 0.6) is 0 Å². The molecular formula is C17H20N4O2. The fourth-order valence-corrected chi connectivity index (χ4v) is 2.18. The summed E-state index contributed by atoms with van der Waals surface area (Å²) in [6.45, 7) is 0.648. The minimum Gasteiger partial charge on any atom is -0.397 e. The highest BCUT2D eigenvalue weighted by Gasteiger charge is 2.14. The molecule has 0 amide bonds. The molecule has 0 atom stereocenters. The predicted molar refractivity (Wildman–Crippen MR) is 86.9 cm³/mol. The summed E-state index contributed by atoms with van der Waals surface area (Å²) >= 11 is 0. The average molecular weight is 312 g/mol.